The summed E-state index contributed by atoms with van der Waals surface area (Å²) in [5.41, 5.74) is 6.04. The molecule has 1 heterocycles. The van der Waals surface area contributed by atoms with Crippen molar-refractivity contribution in [2.75, 3.05) is 9.80 Å². The third-order valence-corrected chi connectivity index (χ3v) is 7.26. The Labute approximate surface area is 238 Å². The van der Waals surface area contributed by atoms with E-state index in [4.69, 9.17) is 4.42 Å². The summed E-state index contributed by atoms with van der Waals surface area (Å²) in [7, 11) is 0. The summed E-state index contributed by atoms with van der Waals surface area (Å²) in [6, 6.07) is 52.7. The predicted octanol–water partition coefficient (Wildman–Crippen LogP) is 9.89. The average Bonchev–Trinajstić information content (AvgIpc) is 3.03. The van der Waals surface area contributed by atoms with Crippen LogP contribution in [0, 0.1) is 0 Å². The van der Waals surface area contributed by atoms with E-state index >= 15 is 0 Å². The highest BCUT2D eigenvalue weighted by Gasteiger charge is 2.17. The third-order valence-electron chi connectivity index (χ3n) is 7.26. The second-order valence-electron chi connectivity index (χ2n) is 9.81. The summed E-state index contributed by atoms with van der Waals surface area (Å²) >= 11 is 0. The average molecular weight is 531 g/mol. The molecule has 4 heteroatoms. The maximum atomic E-state index is 13.5. The molecule has 0 aliphatic heterocycles. The number of rotatable bonds is 6. The van der Waals surface area contributed by atoms with Gasteiger partial charge in [-0.1, -0.05) is 78.9 Å². The van der Waals surface area contributed by atoms with E-state index < -0.39 is 0 Å². The normalized spacial score (nSPS) is 11.0. The highest BCUT2D eigenvalue weighted by atomic mass is 16.4. The number of fused-ring (bicyclic) bond motifs is 3. The lowest BCUT2D eigenvalue weighted by Gasteiger charge is -2.26. The van der Waals surface area contributed by atoms with E-state index in [2.05, 4.69) is 70.5 Å². The van der Waals surface area contributed by atoms with Crippen LogP contribution in [0.4, 0.5) is 34.1 Å². The SMILES string of the molecule is O=c1oc2cc(N(c3ccccc3)c3ccccc3)ccc2c2ccc(N(c3ccccc3)c3ccccc3)cc12. The summed E-state index contributed by atoms with van der Waals surface area (Å²) in [5, 5.41) is 2.29. The first-order chi connectivity index (χ1) is 20.3. The topological polar surface area (TPSA) is 36.7 Å². The third kappa shape index (κ3) is 4.62. The van der Waals surface area contributed by atoms with E-state index in [0.717, 1.165) is 44.9 Å². The Bertz CT molecular complexity index is 1930. The molecule has 196 valence electrons. The molecule has 0 N–H and O–H groups in total. The van der Waals surface area contributed by atoms with Gasteiger partial charge in [0.2, 0.25) is 0 Å². The standard InChI is InChI=1S/C37H26N2O2/c40-37-35-25-31(38(27-13-5-1-6-14-27)28-15-7-2-8-16-28)21-23-33(35)34-24-22-32(26-36(34)41-37)39(29-17-9-3-10-18-29)30-19-11-4-12-20-30/h1-26H. The molecule has 4 nitrogen and oxygen atoms in total. The van der Waals surface area contributed by atoms with Crippen LogP contribution in [0.3, 0.4) is 0 Å². The van der Waals surface area contributed by atoms with E-state index in [0.29, 0.717) is 11.0 Å². The van der Waals surface area contributed by atoms with E-state index in [9.17, 15) is 4.79 Å². The molecule has 0 unspecified atom stereocenters. The molecular weight excluding hydrogens is 504 g/mol. The minimum atomic E-state index is -0.362. The first-order valence-corrected chi connectivity index (χ1v) is 13.6. The Morgan fingerprint density at radius 1 is 0.366 bits per heavy atom. The molecule has 41 heavy (non-hydrogen) atoms. The van der Waals surface area contributed by atoms with Crippen molar-refractivity contribution in [2.24, 2.45) is 0 Å². The number of hydrogen-bond acceptors (Lipinski definition) is 4. The van der Waals surface area contributed by atoms with Gasteiger partial charge in [0.1, 0.15) is 5.58 Å². The van der Waals surface area contributed by atoms with Crippen molar-refractivity contribution < 1.29 is 4.42 Å². The molecule has 0 saturated carbocycles. The first-order valence-electron chi connectivity index (χ1n) is 13.6. The zero-order chi connectivity index (χ0) is 27.6. The second kappa shape index (κ2) is 10.5. The molecule has 0 amide bonds. The number of para-hydroxylation sites is 4. The van der Waals surface area contributed by atoms with E-state index in [-0.39, 0.29) is 5.63 Å². The van der Waals surface area contributed by atoms with Crippen molar-refractivity contribution in [1.82, 2.24) is 0 Å². The highest BCUT2D eigenvalue weighted by Crippen LogP contribution is 2.39. The first kappa shape index (κ1) is 24.4. The Morgan fingerprint density at radius 3 is 1.20 bits per heavy atom. The van der Waals surface area contributed by atoms with Crippen molar-refractivity contribution in [2.45, 2.75) is 0 Å². The van der Waals surface area contributed by atoms with Gasteiger partial charge >= 0.3 is 5.63 Å². The molecule has 0 aliphatic rings. The lowest BCUT2D eigenvalue weighted by atomic mass is 10.0. The van der Waals surface area contributed by atoms with Crippen LogP contribution in [0.2, 0.25) is 0 Å². The van der Waals surface area contributed by atoms with E-state index in [1.807, 2.05) is 97.1 Å². The van der Waals surface area contributed by atoms with Crippen LogP contribution in [0.1, 0.15) is 0 Å². The van der Waals surface area contributed by atoms with Crippen molar-refractivity contribution >= 4 is 55.9 Å². The number of benzene rings is 6. The minimum absolute atomic E-state index is 0.362. The molecule has 7 rings (SSSR count). The van der Waals surface area contributed by atoms with E-state index in [1.165, 1.54) is 0 Å². The zero-order valence-electron chi connectivity index (χ0n) is 22.2. The minimum Gasteiger partial charge on any atom is -0.422 e. The summed E-state index contributed by atoms with van der Waals surface area (Å²) in [6.07, 6.45) is 0. The molecular formula is C37H26N2O2. The fourth-order valence-electron chi connectivity index (χ4n) is 5.39. The second-order valence-corrected chi connectivity index (χ2v) is 9.81. The van der Waals surface area contributed by atoms with Gasteiger partial charge in [0.05, 0.1) is 5.39 Å². The molecule has 6 aromatic carbocycles. The van der Waals surface area contributed by atoms with E-state index in [1.54, 1.807) is 0 Å². The van der Waals surface area contributed by atoms with Crippen molar-refractivity contribution in [1.29, 1.82) is 0 Å². The van der Waals surface area contributed by atoms with Crippen LogP contribution < -0.4 is 15.4 Å². The Morgan fingerprint density at radius 2 is 0.756 bits per heavy atom. The molecule has 7 aromatic rings. The molecule has 0 aliphatic carbocycles. The monoisotopic (exact) mass is 530 g/mol. The molecule has 0 bridgehead atoms. The van der Waals surface area contributed by atoms with Gasteiger partial charge in [-0.25, -0.2) is 4.79 Å². The van der Waals surface area contributed by atoms with Crippen LogP contribution in [-0.4, -0.2) is 0 Å². The molecule has 0 atom stereocenters. The van der Waals surface area contributed by atoms with Gasteiger partial charge in [0, 0.05) is 51.0 Å². The van der Waals surface area contributed by atoms with Crippen LogP contribution in [0.25, 0.3) is 21.7 Å². The molecule has 0 saturated heterocycles. The van der Waals surface area contributed by atoms with Gasteiger partial charge in [-0.15, -0.1) is 0 Å². The fourth-order valence-corrected chi connectivity index (χ4v) is 5.39. The maximum Gasteiger partial charge on any atom is 0.344 e. The fraction of sp³-hybridized carbons (Fsp3) is 0. The molecule has 0 spiro atoms. The number of nitrogens with zero attached hydrogens (tertiary/aromatic N) is 2. The van der Waals surface area contributed by atoms with Crippen molar-refractivity contribution in [3.05, 3.63) is 168 Å². The van der Waals surface area contributed by atoms with Gasteiger partial charge in [-0.05, 0) is 72.8 Å². The van der Waals surface area contributed by atoms with Gasteiger partial charge in [0.15, 0.2) is 0 Å². The zero-order valence-corrected chi connectivity index (χ0v) is 22.2. The van der Waals surface area contributed by atoms with Gasteiger partial charge in [-0.3, -0.25) is 0 Å². The van der Waals surface area contributed by atoms with Gasteiger partial charge in [-0.2, -0.15) is 0 Å². The quantitative estimate of drug-likeness (QED) is 0.158. The number of anilines is 6. The largest absolute Gasteiger partial charge is 0.422 e. The summed E-state index contributed by atoms with van der Waals surface area (Å²) < 4.78 is 5.98. The Kier molecular flexibility index (Phi) is 6.26. The van der Waals surface area contributed by atoms with Crippen LogP contribution in [0.15, 0.2) is 167 Å². The Hall–Kier alpha value is -5.61. The van der Waals surface area contributed by atoms with Crippen LogP contribution in [-0.2, 0) is 0 Å². The lowest BCUT2D eigenvalue weighted by Crippen LogP contribution is -2.11. The summed E-state index contributed by atoms with van der Waals surface area (Å²) in [6.45, 7) is 0. The maximum absolute atomic E-state index is 13.5. The predicted molar refractivity (Wildman–Crippen MR) is 169 cm³/mol. The smallest absolute Gasteiger partial charge is 0.344 e. The van der Waals surface area contributed by atoms with Crippen LogP contribution >= 0.6 is 0 Å². The van der Waals surface area contributed by atoms with Crippen LogP contribution in [0.5, 0.6) is 0 Å². The summed E-state index contributed by atoms with van der Waals surface area (Å²) in [5.74, 6) is 0. The Balaban J connectivity index is 1.37. The molecule has 1 aromatic heterocycles. The summed E-state index contributed by atoms with van der Waals surface area (Å²) in [4.78, 5) is 17.8. The van der Waals surface area contributed by atoms with Gasteiger partial charge in [0.25, 0.3) is 0 Å². The highest BCUT2D eigenvalue weighted by molar-refractivity contribution is 6.06. The van der Waals surface area contributed by atoms with Crippen molar-refractivity contribution in [3.8, 4) is 0 Å². The lowest BCUT2D eigenvalue weighted by molar-refractivity contribution is 0.570. The van der Waals surface area contributed by atoms with Gasteiger partial charge < -0.3 is 14.2 Å². The number of hydrogen-bond donors (Lipinski definition) is 0. The van der Waals surface area contributed by atoms with Crippen molar-refractivity contribution in [3.63, 3.8) is 0 Å². The molecule has 0 radical (unpaired) electrons. The molecule has 0 fully saturated rings.